The first-order chi connectivity index (χ1) is 68.5. The van der Waals surface area contributed by atoms with Gasteiger partial charge in [0.1, 0.15) is 17.5 Å². The number of hydrogen-bond acceptors (Lipinski definition) is 16. The van der Waals surface area contributed by atoms with Crippen LogP contribution < -0.4 is 53.2 Å². The van der Waals surface area contributed by atoms with Crippen LogP contribution in [0.5, 0.6) is 5.75 Å². The van der Waals surface area contributed by atoms with E-state index in [1.165, 1.54) is 63.8 Å². The number of aromatic nitrogens is 12. The van der Waals surface area contributed by atoms with Crippen LogP contribution in [0, 0.1) is 76.4 Å². The van der Waals surface area contributed by atoms with E-state index in [0.29, 0.717) is 177 Å². The molecule has 744 valence electrons. The second-order valence-corrected chi connectivity index (χ2v) is 40.0. The van der Waals surface area contributed by atoms with Crippen molar-refractivity contribution >= 4 is 101 Å². The van der Waals surface area contributed by atoms with Crippen LogP contribution in [0.2, 0.25) is 0 Å². The lowest BCUT2D eigenvalue weighted by Gasteiger charge is -2.49. The standard InChI is InChI=1S/C37H38F2N6O4.C37H38F2N6O3.C36H36F2N6O3/c1-8-26(46)43-17-22-12-14-49-35-33(44(22)16-21(43)6)23-15-24(38)28(27-19(4)9-10-25-34(27)42(7)37(48)41-25)29(39)32(23)45(36(35)47)31-20(5)11-13-40-30(31)18(2)3;1-8-27(46)43-17-22-10-11-23-33(44(22)16-21(43)6)24-15-25(38)29(28-19(4)9-12-26-35(28)42(7)37(48)41-26)30(39)34(24)45(36(23)47)32-20(5)13-14-40-31(32)18(2)3;1-8-26(45)42-16-21-13-23-32(43(21)15-20(42)6)22-14-24(37)28(27-18(4)9-10-25-34(27)41(7)36(47)40-25)29(38)33(22)44(35(23)46)31-19(5)11-12-39-30(31)17(2)3/h8-11,13,15,18,21-22H,1,12,14,16-17H2,2-7H3,(H,41,48);8-9,12-15,18,21-22H,1,10-11,16-17H2,2-7H3,(H,41,48);8-12,14,17,20-21H,1,13,15-16H2,2-7H3,(H,40,47). The summed E-state index contributed by atoms with van der Waals surface area (Å²) in [4.78, 5) is 154. The highest BCUT2D eigenvalue weighted by Gasteiger charge is 2.47. The van der Waals surface area contributed by atoms with Crippen molar-refractivity contribution in [2.24, 2.45) is 21.1 Å². The van der Waals surface area contributed by atoms with Crippen molar-refractivity contribution in [3.8, 4) is 56.2 Å². The van der Waals surface area contributed by atoms with Gasteiger partial charge < -0.3 is 49.1 Å². The highest BCUT2D eigenvalue weighted by molar-refractivity contribution is 6.07. The molecule has 6 unspecified atom stereocenters. The summed E-state index contributed by atoms with van der Waals surface area (Å²) < 4.78 is 118. The van der Waals surface area contributed by atoms with Crippen LogP contribution in [0.1, 0.15) is 154 Å². The van der Waals surface area contributed by atoms with Crippen LogP contribution in [0.25, 0.3) is 116 Å². The molecule has 0 radical (unpaired) electrons. The van der Waals surface area contributed by atoms with E-state index in [9.17, 15) is 43.2 Å². The molecule has 6 aliphatic rings. The van der Waals surface area contributed by atoms with E-state index in [1.54, 1.807) is 130 Å². The molecule has 28 nitrogen and oxygen atoms in total. The number of rotatable bonds is 12. The number of pyridine rings is 6. The van der Waals surface area contributed by atoms with Gasteiger partial charge in [0.25, 0.3) is 16.7 Å². The zero-order valence-electron chi connectivity index (χ0n) is 83.5. The fourth-order valence-corrected chi connectivity index (χ4v) is 23.1. The smallest absolute Gasteiger partial charge is 0.326 e. The van der Waals surface area contributed by atoms with Crippen molar-refractivity contribution in [3.05, 3.63) is 288 Å². The number of piperazine rings is 3. The highest BCUT2D eigenvalue weighted by atomic mass is 19.2. The van der Waals surface area contributed by atoms with Crippen LogP contribution in [0.4, 0.5) is 43.4 Å². The van der Waals surface area contributed by atoms with Gasteiger partial charge in [0.15, 0.2) is 17.5 Å². The number of amides is 3. The molecule has 9 aromatic heterocycles. The van der Waals surface area contributed by atoms with Gasteiger partial charge in [-0.2, -0.15) is 0 Å². The third-order valence-electron chi connectivity index (χ3n) is 30.1. The van der Waals surface area contributed by atoms with Gasteiger partial charge in [0.05, 0.1) is 136 Å². The molecule has 15 aromatic rings. The Morgan fingerprint density at radius 3 is 1.06 bits per heavy atom. The third-order valence-corrected chi connectivity index (χ3v) is 30.1. The van der Waals surface area contributed by atoms with Crippen molar-refractivity contribution in [2.45, 2.75) is 184 Å². The van der Waals surface area contributed by atoms with Gasteiger partial charge in [0.2, 0.25) is 23.5 Å². The number of anilines is 3. The van der Waals surface area contributed by atoms with Crippen molar-refractivity contribution in [1.29, 1.82) is 0 Å². The average molecular weight is 1960 g/mol. The Morgan fingerprint density at radius 2 is 0.701 bits per heavy atom. The molecule has 0 spiro atoms. The number of fused-ring (bicyclic) bond motifs is 18. The van der Waals surface area contributed by atoms with Crippen LogP contribution in [-0.4, -0.2) is 172 Å². The molecule has 6 aromatic carbocycles. The van der Waals surface area contributed by atoms with Gasteiger partial charge in [0, 0.05) is 160 Å². The summed E-state index contributed by atoms with van der Waals surface area (Å²) in [7, 11) is 4.65. The lowest BCUT2D eigenvalue weighted by atomic mass is 9.89. The zero-order chi connectivity index (χ0) is 103. The van der Waals surface area contributed by atoms with Gasteiger partial charge in [-0.3, -0.25) is 71.1 Å². The number of carbonyl (C=O) groups excluding carboxylic acids is 3. The van der Waals surface area contributed by atoms with E-state index in [-0.39, 0.29) is 161 Å². The first-order valence-electron chi connectivity index (χ1n) is 48.5. The number of carbonyl (C=O) groups is 3. The second kappa shape index (κ2) is 36.5. The maximum atomic E-state index is 17.8. The molecule has 15 heterocycles. The van der Waals surface area contributed by atoms with E-state index in [0.717, 1.165) is 11.1 Å². The number of aromatic amines is 3. The summed E-state index contributed by atoms with van der Waals surface area (Å²) in [5, 5.41) is 0.693. The monoisotopic (exact) mass is 1960 g/mol. The number of imidazole rings is 3. The molecule has 144 heavy (non-hydrogen) atoms. The predicted molar refractivity (Wildman–Crippen MR) is 550 cm³/mol. The van der Waals surface area contributed by atoms with Gasteiger partial charge >= 0.3 is 17.1 Å². The Labute approximate surface area is 823 Å². The Bertz CT molecular complexity index is 8500. The fraction of sp³-hybridized carbons (Fsp3) is 0.345. The molecule has 3 N–H and O–H groups in total. The lowest BCUT2D eigenvalue weighted by molar-refractivity contribution is -0.129. The van der Waals surface area contributed by atoms with Crippen molar-refractivity contribution in [2.75, 3.05) is 60.6 Å². The maximum absolute atomic E-state index is 17.8. The largest absolute Gasteiger partial charge is 0.486 e. The molecule has 3 saturated heterocycles. The fourth-order valence-electron chi connectivity index (χ4n) is 23.1. The topological polar surface area (TPSA) is 298 Å². The minimum Gasteiger partial charge on any atom is -0.486 e. The number of hydrogen-bond donors (Lipinski definition) is 3. The summed E-state index contributed by atoms with van der Waals surface area (Å²) in [5.41, 5.74) is 8.30. The molecule has 6 atom stereocenters. The van der Waals surface area contributed by atoms with Crippen molar-refractivity contribution < 1.29 is 45.5 Å². The Morgan fingerprint density at radius 1 is 0.389 bits per heavy atom. The summed E-state index contributed by atoms with van der Waals surface area (Å²) in [6.07, 6.45) is 10.6. The number of benzene rings is 6. The predicted octanol–water partition coefficient (Wildman–Crippen LogP) is 16.8. The van der Waals surface area contributed by atoms with E-state index >= 15 is 26.3 Å². The van der Waals surface area contributed by atoms with Crippen molar-refractivity contribution in [1.82, 2.24) is 72.0 Å². The first kappa shape index (κ1) is 97.4. The van der Waals surface area contributed by atoms with E-state index in [1.807, 2.05) is 92.9 Å². The van der Waals surface area contributed by atoms with Crippen LogP contribution in [-0.2, 0) is 48.4 Å². The molecule has 21 rings (SSSR count). The van der Waals surface area contributed by atoms with Gasteiger partial charge in [-0.05, 0) is 199 Å². The average Bonchev–Trinajstić information content (AvgIpc) is 1.07. The first-order valence-corrected chi connectivity index (χ1v) is 48.5. The minimum absolute atomic E-state index is 0.0125. The minimum atomic E-state index is -0.952. The molecule has 0 aliphatic carbocycles. The third kappa shape index (κ3) is 15.2. The van der Waals surface area contributed by atoms with E-state index in [2.05, 4.69) is 54.5 Å². The molecule has 0 saturated carbocycles. The molecule has 3 amide bonds. The van der Waals surface area contributed by atoms with Gasteiger partial charge in [-0.25, -0.2) is 40.7 Å². The molecule has 0 bridgehead atoms. The number of H-pyrrole nitrogens is 3. The van der Waals surface area contributed by atoms with Crippen LogP contribution in [0.3, 0.4) is 0 Å². The lowest BCUT2D eigenvalue weighted by Crippen LogP contribution is -2.60. The number of ether oxygens (including phenoxy) is 1. The normalized spacial score (nSPS) is 17.6. The van der Waals surface area contributed by atoms with Gasteiger partial charge in [-0.15, -0.1) is 0 Å². The maximum Gasteiger partial charge on any atom is 0.326 e. The van der Waals surface area contributed by atoms with Crippen LogP contribution in [0.15, 0.2) is 158 Å². The summed E-state index contributed by atoms with van der Waals surface area (Å²) in [5.74, 6) is -6.19. The highest BCUT2D eigenvalue weighted by Crippen LogP contribution is 2.51. The summed E-state index contributed by atoms with van der Waals surface area (Å²) in [6.45, 7) is 41.4. The SMILES string of the molecule is C=CC(=O)N1CC2CCOc3c(c4cc(F)c(-c5c(C)ccc6[nH]c(=O)n(C)c56)c(F)c4n(-c4c(C)ccnc4C(C)C)c3=O)N2CC1C.C=CC(=O)N1CC2CCc3c(c4cc(F)c(-c5c(C)ccc6[nH]c(=O)n(C)c56)c(F)c4n(-c4c(C)ccnc4C(C)C)c3=O)N2CC1C.C=CC(=O)N1CC2Cc3c(c4cc(F)c(-c5c(C)ccc6[nH]c(=O)n(C)c56)c(F)c4n(-c4c(C)ccnc4C(C)C)c3=O)N2CC1C. The van der Waals surface area contributed by atoms with Crippen LogP contribution >= 0.6 is 0 Å². The van der Waals surface area contributed by atoms with E-state index < -0.39 is 63.1 Å². The summed E-state index contributed by atoms with van der Waals surface area (Å²) in [6, 6.07) is 18.0. The molecular formula is C110H112F6N18O10. The Balaban J connectivity index is 0.000000137. The number of nitrogens with one attached hydrogen (secondary N) is 3. The Kier molecular flexibility index (Phi) is 24.7. The van der Waals surface area contributed by atoms with Gasteiger partial charge in [-0.1, -0.05) is 79.5 Å². The van der Waals surface area contributed by atoms with E-state index in [4.69, 9.17) is 4.74 Å². The number of aryl methyl sites for hydroxylation is 9. The zero-order valence-corrected chi connectivity index (χ0v) is 83.5. The Hall–Kier alpha value is -15.4. The molecule has 34 heteroatoms. The quantitative estimate of drug-likeness (QED) is 0.0756. The molecule has 6 aliphatic heterocycles. The number of nitrogens with zero attached hydrogens (tertiary/aromatic N) is 15. The summed E-state index contributed by atoms with van der Waals surface area (Å²) >= 11 is 0. The second-order valence-electron chi connectivity index (χ2n) is 40.0. The molecule has 3 fully saturated rings. The molecular weight excluding hydrogens is 1850 g/mol. The van der Waals surface area contributed by atoms with Crippen molar-refractivity contribution in [3.63, 3.8) is 0 Å². The number of halogens is 6.